The molecule has 0 bridgehead atoms. The predicted molar refractivity (Wildman–Crippen MR) is 106 cm³/mol. The van der Waals surface area contributed by atoms with E-state index in [0.717, 1.165) is 0 Å². The maximum Gasteiger partial charge on any atom is 0.384 e. The van der Waals surface area contributed by atoms with Crippen LogP contribution < -0.4 is 8.91 Å². The Morgan fingerprint density at radius 2 is 1.46 bits per heavy atom. The molecule has 1 heterocycles. The molecule has 0 amide bonds. The first kappa shape index (κ1) is 21.0. The van der Waals surface area contributed by atoms with Crippen molar-refractivity contribution >= 4 is 17.9 Å². The topological polar surface area (TPSA) is 90.9 Å². The second-order valence-electron chi connectivity index (χ2n) is 7.02. The number of hydrogen-bond acceptors (Lipinski definition) is 6. The molecule has 1 aliphatic heterocycles. The predicted octanol–water partition coefficient (Wildman–Crippen LogP) is 4.16. The highest BCUT2D eigenvalue weighted by molar-refractivity contribution is 7.85. The number of hydrogen-bond donors (Lipinski definition) is 1. The fourth-order valence-corrected chi connectivity index (χ4v) is 7.42. The zero-order valence-electron chi connectivity index (χ0n) is 16.2. The lowest BCUT2D eigenvalue weighted by Gasteiger charge is -2.43. The first-order chi connectivity index (χ1) is 13.1. The van der Waals surface area contributed by atoms with Crippen molar-refractivity contribution in [1.29, 1.82) is 0 Å². The Bertz CT molecular complexity index is 978. The van der Waals surface area contributed by atoms with Gasteiger partial charge in [-0.2, -0.15) is 13.1 Å². The maximum absolute atomic E-state index is 14.3. The molecule has 0 aliphatic carbocycles. The summed E-state index contributed by atoms with van der Waals surface area (Å²) >= 11 is 0. The summed E-state index contributed by atoms with van der Waals surface area (Å²) in [4.78, 5) is 0. The summed E-state index contributed by atoms with van der Waals surface area (Å²) in [6.07, 6.45) is -0.964. The van der Waals surface area contributed by atoms with Crippen LogP contribution in [0.15, 0.2) is 54.6 Å². The molecule has 1 aliphatic rings. The van der Waals surface area contributed by atoms with E-state index in [2.05, 4.69) is 4.72 Å². The maximum atomic E-state index is 14.3. The molecular weight excluding hydrogens is 401 g/mol. The summed E-state index contributed by atoms with van der Waals surface area (Å²) in [7, 11) is -8.43. The first-order valence-corrected chi connectivity index (χ1v) is 11.9. The molecule has 0 saturated carbocycles. The van der Waals surface area contributed by atoms with E-state index in [1.165, 1.54) is 6.07 Å². The lowest BCUT2D eigenvalue weighted by Crippen LogP contribution is -2.52. The fraction of sp³-hybridized carbons (Fsp3) is 0.368. The number of rotatable bonds is 6. The molecule has 0 fully saturated rings. The molecule has 0 spiro atoms. The first-order valence-electron chi connectivity index (χ1n) is 8.95. The van der Waals surface area contributed by atoms with Crippen molar-refractivity contribution in [3.8, 4) is 5.75 Å². The van der Waals surface area contributed by atoms with E-state index in [0.29, 0.717) is 11.1 Å². The van der Waals surface area contributed by atoms with E-state index in [9.17, 15) is 13.0 Å². The van der Waals surface area contributed by atoms with Crippen molar-refractivity contribution in [1.82, 2.24) is 4.72 Å². The van der Waals surface area contributed by atoms with Crippen LogP contribution in [-0.2, 0) is 29.2 Å². The normalized spacial score (nSPS) is 21.4. The number of fused-ring (bicyclic) bond motifs is 1. The third-order valence-corrected chi connectivity index (χ3v) is 7.99. The van der Waals surface area contributed by atoms with E-state index in [4.69, 9.17) is 13.2 Å². The van der Waals surface area contributed by atoms with Crippen molar-refractivity contribution < 1.29 is 26.2 Å². The van der Waals surface area contributed by atoms with Gasteiger partial charge in [-0.3, -0.25) is 4.57 Å². The zero-order valence-corrected chi connectivity index (χ0v) is 17.9. The van der Waals surface area contributed by atoms with Crippen molar-refractivity contribution in [2.45, 2.75) is 45.2 Å². The molecule has 0 saturated heterocycles. The Labute approximate surface area is 165 Å². The van der Waals surface area contributed by atoms with E-state index in [-0.39, 0.29) is 5.75 Å². The van der Waals surface area contributed by atoms with Gasteiger partial charge in [-0.15, -0.1) is 0 Å². The van der Waals surface area contributed by atoms with Crippen molar-refractivity contribution in [2.24, 2.45) is 0 Å². The van der Waals surface area contributed by atoms with Crippen LogP contribution in [0.2, 0.25) is 0 Å². The summed E-state index contributed by atoms with van der Waals surface area (Å²) in [5, 5.41) is -1.80. The smallest absolute Gasteiger partial charge is 0.370 e. The van der Waals surface area contributed by atoms with Gasteiger partial charge in [-0.25, -0.2) is 0 Å². The fourth-order valence-electron chi connectivity index (χ4n) is 3.21. The van der Waals surface area contributed by atoms with Crippen LogP contribution in [0.25, 0.3) is 0 Å². The van der Waals surface area contributed by atoms with Gasteiger partial charge in [0, 0.05) is 5.56 Å². The third-order valence-electron chi connectivity index (χ3n) is 4.05. The van der Waals surface area contributed by atoms with Crippen LogP contribution in [0.1, 0.15) is 38.8 Å². The van der Waals surface area contributed by atoms with Crippen LogP contribution in [0.3, 0.4) is 0 Å². The Balaban J connectivity index is 2.42. The summed E-state index contributed by atoms with van der Waals surface area (Å²) in [6.45, 7) is 6.87. The van der Waals surface area contributed by atoms with Crippen LogP contribution in [-0.4, -0.2) is 20.6 Å². The second-order valence-corrected chi connectivity index (χ2v) is 10.4. The molecule has 1 N–H and O–H groups in total. The van der Waals surface area contributed by atoms with Crippen LogP contribution in [0, 0.1) is 0 Å². The number of para-hydroxylation sites is 1. The molecule has 152 valence electrons. The largest absolute Gasteiger partial charge is 0.384 e. The van der Waals surface area contributed by atoms with Crippen molar-refractivity contribution in [2.75, 3.05) is 0 Å². The highest BCUT2D eigenvalue weighted by Gasteiger charge is 2.60. The quantitative estimate of drug-likeness (QED) is 0.699. The Morgan fingerprint density at radius 1 is 0.929 bits per heavy atom. The molecule has 3 rings (SSSR count). The third kappa shape index (κ3) is 3.75. The summed E-state index contributed by atoms with van der Waals surface area (Å²) < 4.78 is 58.9. The van der Waals surface area contributed by atoms with Gasteiger partial charge in [0.2, 0.25) is 0 Å². The number of benzene rings is 2. The molecule has 28 heavy (non-hydrogen) atoms. The monoisotopic (exact) mass is 425 g/mol. The average molecular weight is 425 g/mol. The lowest BCUT2D eigenvalue weighted by atomic mass is 9.98. The van der Waals surface area contributed by atoms with Gasteiger partial charge in [-0.1, -0.05) is 48.5 Å². The lowest BCUT2D eigenvalue weighted by molar-refractivity contribution is 0.126. The molecule has 0 radical (unpaired) electrons. The molecule has 0 aromatic heterocycles. The molecule has 0 unspecified atom stereocenters. The van der Waals surface area contributed by atoms with Gasteiger partial charge < -0.3 is 13.2 Å². The van der Waals surface area contributed by atoms with Gasteiger partial charge in [0.25, 0.3) is 0 Å². The molecule has 2 aromatic carbocycles. The van der Waals surface area contributed by atoms with Gasteiger partial charge >= 0.3 is 17.9 Å². The minimum Gasteiger partial charge on any atom is -0.370 e. The molecule has 2 aromatic rings. The Kier molecular flexibility index (Phi) is 5.71. The minimum atomic E-state index is -4.29. The summed E-state index contributed by atoms with van der Waals surface area (Å²) in [6, 6.07) is 15.2. The second kappa shape index (κ2) is 7.61. The molecule has 1 atom stereocenters. The van der Waals surface area contributed by atoms with Gasteiger partial charge in [0.15, 0.2) is 5.28 Å². The Hall–Kier alpha value is -1.70. The van der Waals surface area contributed by atoms with E-state index < -0.39 is 35.4 Å². The van der Waals surface area contributed by atoms with Crippen LogP contribution in [0.5, 0.6) is 5.75 Å². The van der Waals surface area contributed by atoms with Crippen molar-refractivity contribution in [3.05, 3.63) is 65.7 Å². The highest BCUT2D eigenvalue weighted by atomic mass is 32.2. The van der Waals surface area contributed by atoms with Gasteiger partial charge in [0.1, 0.15) is 5.75 Å². The molecule has 7 nitrogen and oxygen atoms in total. The molecule has 9 heteroatoms. The van der Waals surface area contributed by atoms with Crippen molar-refractivity contribution in [3.63, 3.8) is 0 Å². The standard InChI is InChI=1S/C19H24NO6PS/c1-14(2)24-27(21,25-15(3)4)19(16-10-6-5-7-11-16)17-12-8-9-13-18(17)26-28(22,23)20-19/h5-15,20H,1-4H3/t19-/m0/s1. The SMILES string of the molecule is CC(C)OP(=O)(OC(C)C)[C@]1(c2ccccc2)NS(=O)(=O)Oc2ccccc21. The zero-order chi connectivity index (χ0) is 20.6. The van der Waals surface area contributed by atoms with E-state index in [1.54, 1.807) is 76.2 Å². The van der Waals surface area contributed by atoms with Crippen LogP contribution >= 0.6 is 7.60 Å². The highest BCUT2D eigenvalue weighted by Crippen LogP contribution is 2.69. The number of nitrogens with one attached hydrogen (secondary N) is 1. The van der Waals surface area contributed by atoms with Crippen LogP contribution in [0.4, 0.5) is 0 Å². The minimum absolute atomic E-state index is 0.0741. The Morgan fingerprint density at radius 3 is 2.04 bits per heavy atom. The molecular formula is C19H24NO6PS. The van der Waals surface area contributed by atoms with Gasteiger partial charge in [-0.05, 0) is 39.3 Å². The van der Waals surface area contributed by atoms with E-state index in [1.807, 2.05) is 0 Å². The average Bonchev–Trinajstić information content (AvgIpc) is 2.59. The summed E-state index contributed by atoms with van der Waals surface area (Å²) in [5.41, 5.74) is 0.791. The van der Waals surface area contributed by atoms with Gasteiger partial charge in [0.05, 0.1) is 12.2 Å². The summed E-state index contributed by atoms with van der Waals surface area (Å²) in [5.74, 6) is 0.0741. The van der Waals surface area contributed by atoms with E-state index >= 15 is 0 Å².